The summed E-state index contributed by atoms with van der Waals surface area (Å²) in [6, 6.07) is 1.49. The second-order valence-corrected chi connectivity index (χ2v) is 5.40. The van der Waals surface area contributed by atoms with Gasteiger partial charge in [-0.1, -0.05) is 5.92 Å². The standard InChI is InChI=1S/C13H19N3O/c1-5-11-10(6-9(7-14)16-11)12(17)8-15-13(2,3)4/h1,9-11,15-16H,6,8H2,2-4H3/t9-,10?,11-/m0/s1. The van der Waals surface area contributed by atoms with Crippen molar-refractivity contribution in [1.82, 2.24) is 10.6 Å². The molecule has 3 atom stereocenters. The smallest absolute Gasteiger partial charge is 0.152 e. The molecular weight excluding hydrogens is 214 g/mol. The Balaban J connectivity index is 2.58. The molecule has 0 aromatic carbocycles. The minimum Gasteiger partial charge on any atom is -0.305 e. The van der Waals surface area contributed by atoms with Crippen molar-refractivity contribution >= 4 is 5.78 Å². The fourth-order valence-electron chi connectivity index (χ4n) is 1.85. The lowest BCUT2D eigenvalue weighted by Gasteiger charge is -2.21. The largest absolute Gasteiger partial charge is 0.305 e. The van der Waals surface area contributed by atoms with Crippen LogP contribution in [0.15, 0.2) is 0 Å². The molecule has 1 aliphatic rings. The normalized spacial score (nSPS) is 28.4. The first kappa shape index (κ1) is 13.7. The molecule has 0 amide bonds. The third kappa shape index (κ3) is 3.85. The van der Waals surface area contributed by atoms with E-state index in [1.807, 2.05) is 20.8 Å². The molecule has 1 rings (SSSR count). The Kier molecular flexibility index (Phi) is 4.28. The Morgan fingerprint density at radius 2 is 2.24 bits per heavy atom. The van der Waals surface area contributed by atoms with Crippen LogP contribution in [-0.4, -0.2) is 30.0 Å². The van der Waals surface area contributed by atoms with Crippen molar-refractivity contribution in [2.75, 3.05) is 6.54 Å². The molecule has 1 saturated heterocycles. The average molecular weight is 233 g/mol. The predicted octanol–water partition coefficient (Wildman–Crippen LogP) is 0.447. The van der Waals surface area contributed by atoms with E-state index < -0.39 is 0 Å². The van der Waals surface area contributed by atoms with E-state index in [-0.39, 0.29) is 29.3 Å². The van der Waals surface area contributed by atoms with Gasteiger partial charge in [-0.15, -0.1) is 6.42 Å². The molecule has 1 fully saturated rings. The van der Waals surface area contributed by atoms with Gasteiger partial charge in [0.1, 0.15) is 0 Å². The summed E-state index contributed by atoms with van der Waals surface area (Å²) in [5.74, 6) is 2.37. The number of hydrogen-bond donors (Lipinski definition) is 2. The Bertz CT molecular complexity index is 370. The maximum absolute atomic E-state index is 12.0. The van der Waals surface area contributed by atoms with Gasteiger partial charge < -0.3 is 5.32 Å². The number of rotatable bonds is 3. The molecule has 0 aromatic heterocycles. The first-order chi connectivity index (χ1) is 7.87. The van der Waals surface area contributed by atoms with E-state index in [0.29, 0.717) is 13.0 Å². The Morgan fingerprint density at radius 3 is 2.71 bits per heavy atom. The lowest BCUT2D eigenvalue weighted by atomic mass is 9.94. The third-order valence-corrected chi connectivity index (χ3v) is 2.81. The molecule has 1 aliphatic heterocycles. The molecular formula is C13H19N3O. The molecule has 0 bridgehead atoms. The number of Topliss-reactive ketones (excluding diaryl/α,β-unsaturated/α-hetero) is 1. The molecule has 92 valence electrons. The highest BCUT2D eigenvalue weighted by molar-refractivity contribution is 5.84. The van der Waals surface area contributed by atoms with E-state index in [2.05, 4.69) is 22.6 Å². The van der Waals surface area contributed by atoms with E-state index >= 15 is 0 Å². The van der Waals surface area contributed by atoms with Gasteiger partial charge in [-0.2, -0.15) is 5.26 Å². The number of nitrogens with zero attached hydrogens (tertiary/aromatic N) is 1. The minimum absolute atomic E-state index is 0.0770. The van der Waals surface area contributed by atoms with Crippen molar-refractivity contribution in [2.24, 2.45) is 5.92 Å². The van der Waals surface area contributed by atoms with Gasteiger partial charge in [0.25, 0.3) is 0 Å². The van der Waals surface area contributed by atoms with Gasteiger partial charge in [-0.3, -0.25) is 10.1 Å². The highest BCUT2D eigenvalue weighted by atomic mass is 16.1. The molecule has 17 heavy (non-hydrogen) atoms. The van der Waals surface area contributed by atoms with Crippen molar-refractivity contribution < 1.29 is 4.79 Å². The van der Waals surface area contributed by atoms with Gasteiger partial charge in [0.2, 0.25) is 0 Å². The number of ketones is 1. The Labute approximate surface area is 103 Å². The summed E-state index contributed by atoms with van der Waals surface area (Å²) < 4.78 is 0. The van der Waals surface area contributed by atoms with Crippen molar-refractivity contribution in [1.29, 1.82) is 5.26 Å². The van der Waals surface area contributed by atoms with Gasteiger partial charge in [0.05, 0.1) is 24.7 Å². The molecule has 4 nitrogen and oxygen atoms in total. The molecule has 1 heterocycles. The zero-order valence-corrected chi connectivity index (χ0v) is 10.6. The van der Waals surface area contributed by atoms with Gasteiger partial charge in [0, 0.05) is 11.5 Å². The van der Waals surface area contributed by atoms with Crippen LogP contribution in [-0.2, 0) is 4.79 Å². The van der Waals surface area contributed by atoms with Crippen molar-refractivity contribution in [3.05, 3.63) is 0 Å². The molecule has 2 N–H and O–H groups in total. The zero-order chi connectivity index (χ0) is 13.1. The Hall–Kier alpha value is -1.36. The fraction of sp³-hybridized carbons (Fsp3) is 0.692. The second-order valence-electron chi connectivity index (χ2n) is 5.40. The number of nitriles is 1. The topological polar surface area (TPSA) is 64.9 Å². The number of nitrogens with one attached hydrogen (secondary N) is 2. The molecule has 0 saturated carbocycles. The third-order valence-electron chi connectivity index (χ3n) is 2.81. The van der Waals surface area contributed by atoms with Crippen LogP contribution in [0, 0.1) is 29.6 Å². The van der Waals surface area contributed by atoms with Crippen LogP contribution in [0.25, 0.3) is 0 Å². The maximum Gasteiger partial charge on any atom is 0.152 e. The highest BCUT2D eigenvalue weighted by Crippen LogP contribution is 2.21. The van der Waals surface area contributed by atoms with E-state index in [0.717, 1.165) is 0 Å². The molecule has 0 radical (unpaired) electrons. The summed E-state index contributed by atoms with van der Waals surface area (Å²) >= 11 is 0. The maximum atomic E-state index is 12.0. The van der Waals surface area contributed by atoms with Crippen LogP contribution in [0.5, 0.6) is 0 Å². The highest BCUT2D eigenvalue weighted by Gasteiger charge is 2.37. The van der Waals surface area contributed by atoms with Crippen LogP contribution in [0.2, 0.25) is 0 Å². The molecule has 0 aliphatic carbocycles. The number of terminal acetylenes is 1. The monoisotopic (exact) mass is 233 g/mol. The predicted molar refractivity (Wildman–Crippen MR) is 66.0 cm³/mol. The summed E-state index contributed by atoms with van der Waals surface area (Å²) in [5.41, 5.74) is -0.0953. The van der Waals surface area contributed by atoms with Crippen LogP contribution in [0.1, 0.15) is 27.2 Å². The van der Waals surface area contributed by atoms with E-state index in [1.54, 1.807) is 0 Å². The van der Waals surface area contributed by atoms with Gasteiger partial charge in [-0.05, 0) is 27.2 Å². The zero-order valence-electron chi connectivity index (χ0n) is 10.6. The summed E-state index contributed by atoms with van der Waals surface area (Å²) in [5, 5.41) is 14.9. The Morgan fingerprint density at radius 1 is 1.59 bits per heavy atom. The van der Waals surface area contributed by atoms with Gasteiger partial charge in [0.15, 0.2) is 5.78 Å². The molecule has 1 unspecified atom stereocenters. The summed E-state index contributed by atoms with van der Waals surface area (Å²) in [6.07, 6.45) is 5.88. The molecule has 4 heteroatoms. The first-order valence-electron chi connectivity index (χ1n) is 5.77. The quantitative estimate of drug-likeness (QED) is 0.695. The summed E-state index contributed by atoms with van der Waals surface area (Å²) in [6.45, 7) is 6.31. The van der Waals surface area contributed by atoms with Crippen molar-refractivity contribution in [3.8, 4) is 18.4 Å². The van der Waals surface area contributed by atoms with Crippen LogP contribution in [0.3, 0.4) is 0 Å². The lowest BCUT2D eigenvalue weighted by Crippen LogP contribution is -2.43. The van der Waals surface area contributed by atoms with E-state index in [4.69, 9.17) is 11.7 Å². The average Bonchev–Trinajstić information content (AvgIpc) is 2.68. The lowest BCUT2D eigenvalue weighted by molar-refractivity contribution is -0.122. The number of hydrogen-bond acceptors (Lipinski definition) is 4. The van der Waals surface area contributed by atoms with Crippen molar-refractivity contribution in [2.45, 2.75) is 44.8 Å². The van der Waals surface area contributed by atoms with Gasteiger partial charge >= 0.3 is 0 Å². The fourth-order valence-corrected chi connectivity index (χ4v) is 1.85. The SMILES string of the molecule is C#C[C@@H]1N[C@H](C#N)CC1C(=O)CNC(C)(C)C. The number of carbonyl (C=O) groups excluding carboxylic acids is 1. The second kappa shape index (κ2) is 5.31. The minimum atomic E-state index is -0.311. The van der Waals surface area contributed by atoms with E-state index in [1.165, 1.54) is 0 Å². The van der Waals surface area contributed by atoms with Crippen LogP contribution in [0.4, 0.5) is 0 Å². The van der Waals surface area contributed by atoms with Crippen molar-refractivity contribution in [3.63, 3.8) is 0 Å². The molecule has 0 aromatic rings. The summed E-state index contributed by atoms with van der Waals surface area (Å²) in [7, 11) is 0. The first-order valence-corrected chi connectivity index (χ1v) is 5.77. The van der Waals surface area contributed by atoms with Gasteiger partial charge in [-0.25, -0.2) is 0 Å². The number of carbonyl (C=O) groups is 1. The van der Waals surface area contributed by atoms with E-state index in [9.17, 15) is 4.79 Å². The summed E-state index contributed by atoms with van der Waals surface area (Å²) in [4.78, 5) is 12.0. The van der Waals surface area contributed by atoms with Crippen LogP contribution >= 0.6 is 0 Å². The van der Waals surface area contributed by atoms with Crippen LogP contribution < -0.4 is 10.6 Å². The molecule has 0 spiro atoms.